The average Bonchev–Trinajstić information content (AvgIpc) is 2.61. The molecule has 4 nitrogen and oxygen atoms in total. The van der Waals surface area contributed by atoms with Crippen LogP contribution in [0, 0.1) is 5.92 Å². The van der Waals surface area contributed by atoms with Crippen molar-refractivity contribution < 1.29 is 0 Å². The fourth-order valence-electron chi connectivity index (χ4n) is 3.44. The van der Waals surface area contributed by atoms with E-state index < -0.39 is 0 Å². The molecule has 1 N–H and O–H groups in total. The molecule has 23 heavy (non-hydrogen) atoms. The number of fused-ring (bicyclic) bond motifs is 1. The summed E-state index contributed by atoms with van der Waals surface area (Å²) in [4.78, 5) is 0. The molecule has 0 atom stereocenters. The number of hydrogen-bond donors (Lipinski definition) is 1. The van der Waals surface area contributed by atoms with E-state index in [1.54, 1.807) is 6.20 Å². The van der Waals surface area contributed by atoms with Gasteiger partial charge in [-0.05, 0) is 25.7 Å². The van der Waals surface area contributed by atoms with E-state index in [2.05, 4.69) is 27.6 Å². The Bertz CT molecular complexity index is 654. The summed E-state index contributed by atoms with van der Waals surface area (Å²) in [6.07, 6.45) is 12.6. The summed E-state index contributed by atoms with van der Waals surface area (Å²) in [6.45, 7) is 2.09. The molecule has 1 saturated carbocycles. The SMILES string of the molecule is C/C(CCCC1CCCCC1)=N\Nc1nncc2ccccc12. The molecule has 1 aromatic heterocycles. The number of benzene rings is 1. The molecule has 1 aromatic carbocycles. The maximum Gasteiger partial charge on any atom is 0.176 e. The number of hydrogen-bond acceptors (Lipinski definition) is 4. The maximum atomic E-state index is 4.49. The van der Waals surface area contributed by atoms with Crippen molar-refractivity contribution in [3.8, 4) is 0 Å². The highest BCUT2D eigenvalue weighted by Crippen LogP contribution is 2.27. The highest BCUT2D eigenvalue weighted by molar-refractivity contribution is 5.91. The van der Waals surface area contributed by atoms with E-state index in [0.717, 1.165) is 34.6 Å². The normalized spacial score (nSPS) is 16.7. The summed E-state index contributed by atoms with van der Waals surface area (Å²) in [7, 11) is 0. The molecule has 1 fully saturated rings. The van der Waals surface area contributed by atoms with Gasteiger partial charge < -0.3 is 0 Å². The average molecular weight is 310 g/mol. The van der Waals surface area contributed by atoms with Crippen LogP contribution in [0.4, 0.5) is 5.82 Å². The van der Waals surface area contributed by atoms with Gasteiger partial charge in [-0.25, -0.2) is 0 Å². The fourth-order valence-corrected chi connectivity index (χ4v) is 3.44. The van der Waals surface area contributed by atoms with Crippen LogP contribution in [-0.4, -0.2) is 15.9 Å². The van der Waals surface area contributed by atoms with E-state index in [-0.39, 0.29) is 0 Å². The number of nitrogens with zero attached hydrogens (tertiary/aromatic N) is 3. The molecule has 0 amide bonds. The highest BCUT2D eigenvalue weighted by atomic mass is 15.3. The Morgan fingerprint density at radius 2 is 2.04 bits per heavy atom. The first-order valence-electron chi connectivity index (χ1n) is 8.82. The van der Waals surface area contributed by atoms with Crippen molar-refractivity contribution >= 4 is 22.3 Å². The van der Waals surface area contributed by atoms with Crippen molar-refractivity contribution in [1.82, 2.24) is 10.2 Å². The summed E-state index contributed by atoms with van der Waals surface area (Å²) in [5.74, 6) is 1.68. The van der Waals surface area contributed by atoms with Crippen LogP contribution in [0.25, 0.3) is 10.8 Å². The Morgan fingerprint density at radius 1 is 1.22 bits per heavy atom. The van der Waals surface area contributed by atoms with Crippen molar-refractivity contribution in [3.05, 3.63) is 30.5 Å². The molecule has 0 bridgehead atoms. The van der Waals surface area contributed by atoms with E-state index >= 15 is 0 Å². The van der Waals surface area contributed by atoms with Crippen LogP contribution < -0.4 is 5.43 Å². The minimum absolute atomic E-state index is 0.731. The first-order valence-corrected chi connectivity index (χ1v) is 8.82. The van der Waals surface area contributed by atoms with E-state index in [1.165, 1.54) is 44.9 Å². The Hall–Kier alpha value is -1.97. The van der Waals surface area contributed by atoms with E-state index in [4.69, 9.17) is 0 Å². The summed E-state index contributed by atoms with van der Waals surface area (Å²) in [5, 5.41) is 14.8. The second kappa shape index (κ2) is 8.04. The van der Waals surface area contributed by atoms with Gasteiger partial charge in [0.05, 0.1) is 6.20 Å². The van der Waals surface area contributed by atoms with Gasteiger partial charge in [0, 0.05) is 16.5 Å². The molecule has 2 aromatic rings. The van der Waals surface area contributed by atoms with Crippen LogP contribution in [0.5, 0.6) is 0 Å². The van der Waals surface area contributed by atoms with Crippen LogP contribution in [0.3, 0.4) is 0 Å². The monoisotopic (exact) mass is 310 g/mol. The minimum Gasteiger partial charge on any atom is -0.259 e. The number of hydrazone groups is 1. The lowest BCUT2D eigenvalue weighted by atomic mass is 9.85. The van der Waals surface area contributed by atoms with Crippen LogP contribution >= 0.6 is 0 Å². The predicted octanol–water partition coefficient (Wildman–Crippen LogP) is 5.17. The van der Waals surface area contributed by atoms with Gasteiger partial charge in [0.1, 0.15) is 0 Å². The molecule has 4 heteroatoms. The van der Waals surface area contributed by atoms with Gasteiger partial charge in [0.25, 0.3) is 0 Å². The smallest absolute Gasteiger partial charge is 0.176 e. The molecule has 1 aliphatic carbocycles. The van der Waals surface area contributed by atoms with Gasteiger partial charge in [-0.1, -0.05) is 62.8 Å². The Kier molecular flexibility index (Phi) is 5.56. The fraction of sp³-hybridized carbons (Fsp3) is 0.526. The molecule has 0 radical (unpaired) electrons. The van der Waals surface area contributed by atoms with Crippen LogP contribution in [0.2, 0.25) is 0 Å². The molecular formula is C19H26N4. The first-order chi connectivity index (χ1) is 11.3. The van der Waals surface area contributed by atoms with Crippen LogP contribution in [-0.2, 0) is 0 Å². The van der Waals surface area contributed by atoms with Crippen molar-refractivity contribution in [2.45, 2.75) is 58.3 Å². The Labute approximate surface area is 138 Å². The zero-order valence-corrected chi connectivity index (χ0v) is 14.0. The van der Waals surface area contributed by atoms with Gasteiger partial charge >= 0.3 is 0 Å². The van der Waals surface area contributed by atoms with Gasteiger partial charge in [-0.3, -0.25) is 5.43 Å². The third-order valence-corrected chi connectivity index (χ3v) is 4.80. The third-order valence-electron chi connectivity index (χ3n) is 4.80. The van der Waals surface area contributed by atoms with Gasteiger partial charge in [-0.15, -0.1) is 5.10 Å². The lowest BCUT2D eigenvalue weighted by Crippen LogP contribution is -2.07. The van der Waals surface area contributed by atoms with Gasteiger partial charge in [0.15, 0.2) is 5.82 Å². The Balaban J connectivity index is 1.52. The number of rotatable bonds is 6. The predicted molar refractivity (Wildman–Crippen MR) is 96.7 cm³/mol. The molecule has 0 saturated heterocycles. The standard InChI is InChI=1S/C19H26N4/c1-15(8-7-11-16-9-3-2-4-10-16)21-23-19-18-13-6-5-12-17(18)14-20-22-19/h5-6,12-14,16H,2-4,7-11H2,1H3,(H,22,23)/b21-15+. The molecule has 0 unspecified atom stereocenters. The summed E-state index contributed by atoms with van der Waals surface area (Å²) >= 11 is 0. The number of aromatic nitrogens is 2. The lowest BCUT2D eigenvalue weighted by molar-refractivity contribution is 0.334. The van der Waals surface area contributed by atoms with Crippen molar-refractivity contribution in [1.29, 1.82) is 0 Å². The van der Waals surface area contributed by atoms with Gasteiger partial charge in [-0.2, -0.15) is 10.2 Å². The lowest BCUT2D eigenvalue weighted by Gasteiger charge is -2.21. The molecular weight excluding hydrogens is 284 g/mol. The minimum atomic E-state index is 0.731. The summed E-state index contributed by atoms with van der Waals surface area (Å²) < 4.78 is 0. The molecule has 0 aliphatic heterocycles. The van der Waals surface area contributed by atoms with Crippen molar-refractivity contribution in [2.24, 2.45) is 11.0 Å². The summed E-state index contributed by atoms with van der Waals surface area (Å²) in [5.41, 5.74) is 4.22. The summed E-state index contributed by atoms with van der Waals surface area (Å²) in [6, 6.07) is 8.10. The van der Waals surface area contributed by atoms with Crippen LogP contribution in [0.1, 0.15) is 58.3 Å². The zero-order chi connectivity index (χ0) is 15.9. The van der Waals surface area contributed by atoms with E-state index in [0.29, 0.717) is 0 Å². The second-order valence-electron chi connectivity index (χ2n) is 6.64. The zero-order valence-electron chi connectivity index (χ0n) is 14.0. The number of nitrogens with one attached hydrogen (secondary N) is 1. The van der Waals surface area contributed by atoms with Crippen LogP contribution in [0.15, 0.2) is 35.6 Å². The highest BCUT2D eigenvalue weighted by Gasteiger charge is 2.12. The molecule has 3 rings (SSSR count). The number of anilines is 1. The molecule has 0 spiro atoms. The maximum absolute atomic E-state index is 4.49. The quantitative estimate of drug-likeness (QED) is 0.591. The third kappa shape index (κ3) is 4.50. The van der Waals surface area contributed by atoms with E-state index in [1.807, 2.05) is 24.3 Å². The first kappa shape index (κ1) is 15.9. The Morgan fingerprint density at radius 3 is 2.91 bits per heavy atom. The molecule has 122 valence electrons. The molecule has 1 aliphatic rings. The topological polar surface area (TPSA) is 50.2 Å². The van der Waals surface area contributed by atoms with Gasteiger partial charge in [0.2, 0.25) is 0 Å². The van der Waals surface area contributed by atoms with Crippen molar-refractivity contribution in [3.63, 3.8) is 0 Å². The van der Waals surface area contributed by atoms with Crippen molar-refractivity contribution in [2.75, 3.05) is 5.43 Å². The second-order valence-corrected chi connectivity index (χ2v) is 6.64. The largest absolute Gasteiger partial charge is 0.259 e. The van der Waals surface area contributed by atoms with E-state index in [9.17, 15) is 0 Å². The molecule has 1 heterocycles.